The molecule has 1 fully saturated rings. The van der Waals surface area contributed by atoms with Crippen molar-refractivity contribution >= 4 is 5.69 Å². The van der Waals surface area contributed by atoms with Crippen LogP contribution < -0.4 is 4.74 Å². The predicted molar refractivity (Wildman–Crippen MR) is 95.8 cm³/mol. The fourth-order valence-corrected chi connectivity index (χ4v) is 4.02. The van der Waals surface area contributed by atoms with E-state index < -0.39 is 4.92 Å². The van der Waals surface area contributed by atoms with Crippen molar-refractivity contribution in [3.63, 3.8) is 0 Å². The summed E-state index contributed by atoms with van der Waals surface area (Å²) in [6, 6.07) is 15.1. The lowest BCUT2D eigenvalue weighted by atomic mass is 9.77. The minimum absolute atomic E-state index is 0.0179. The van der Waals surface area contributed by atoms with E-state index in [9.17, 15) is 10.1 Å². The van der Waals surface area contributed by atoms with Gasteiger partial charge in [-0.2, -0.15) is 0 Å². The minimum atomic E-state index is -0.407. The molecule has 1 aliphatic carbocycles. The lowest BCUT2D eigenvalue weighted by Gasteiger charge is -2.46. The summed E-state index contributed by atoms with van der Waals surface area (Å²) in [5, 5.41) is 11.3. The van der Waals surface area contributed by atoms with Gasteiger partial charge in [0.05, 0.1) is 4.92 Å². The van der Waals surface area contributed by atoms with E-state index in [4.69, 9.17) is 4.74 Å². The van der Waals surface area contributed by atoms with Crippen molar-refractivity contribution in [2.45, 2.75) is 24.9 Å². The van der Waals surface area contributed by atoms with E-state index in [1.165, 1.54) is 12.5 Å². The Hall–Kier alpha value is -2.66. The Labute approximate surface area is 146 Å². The Morgan fingerprint density at radius 1 is 1.04 bits per heavy atom. The Bertz CT molecular complexity index is 833. The monoisotopic (exact) mass is 336 g/mol. The number of piperidine rings is 1. The standard InChI is InChI=1S/C20H20N2O3/c1-21-15-12-10-14(11-13-15)20(21)16-6-2-4-8-18(16)25-19-9-5-3-7-17(19)22(23)24/h2-10,12,14-15,20H,11,13H2,1H3. The Balaban J connectivity index is 1.71. The molecule has 128 valence electrons. The maximum Gasteiger partial charge on any atom is 0.311 e. The van der Waals surface area contributed by atoms with E-state index >= 15 is 0 Å². The lowest BCUT2D eigenvalue weighted by molar-refractivity contribution is -0.385. The first kappa shape index (κ1) is 15.8. The molecular formula is C20H20N2O3. The van der Waals surface area contributed by atoms with Crippen LogP contribution in [0.1, 0.15) is 24.4 Å². The molecule has 3 unspecified atom stereocenters. The zero-order valence-corrected chi connectivity index (χ0v) is 14.0. The molecule has 0 aromatic heterocycles. The topological polar surface area (TPSA) is 55.6 Å². The molecule has 2 heterocycles. The smallest absolute Gasteiger partial charge is 0.311 e. The quantitative estimate of drug-likeness (QED) is 0.461. The molecule has 1 saturated heterocycles. The summed E-state index contributed by atoms with van der Waals surface area (Å²) in [7, 11) is 2.15. The molecule has 2 aromatic carbocycles. The molecule has 5 heteroatoms. The van der Waals surface area contributed by atoms with Gasteiger partial charge in [-0.15, -0.1) is 0 Å². The largest absolute Gasteiger partial charge is 0.450 e. The molecule has 0 saturated carbocycles. The molecule has 3 aliphatic rings. The number of rotatable bonds is 4. The van der Waals surface area contributed by atoms with Gasteiger partial charge in [0, 0.05) is 23.7 Å². The van der Waals surface area contributed by atoms with Crippen LogP contribution in [0.4, 0.5) is 5.69 Å². The first-order chi connectivity index (χ1) is 12.1. The number of hydrogen-bond acceptors (Lipinski definition) is 4. The molecule has 5 rings (SSSR count). The van der Waals surface area contributed by atoms with Gasteiger partial charge < -0.3 is 4.74 Å². The van der Waals surface area contributed by atoms with Gasteiger partial charge >= 0.3 is 5.69 Å². The average Bonchev–Trinajstić information content (AvgIpc) is 2.64. The predicted octanol–water partition coefficient (Wildman–Crippen LogP) is 4.71. The second-order valence-electron chi connectivity index (χ2n) is 6.67. The number of nitro groups is 1. The van der Waals surface area contributed by atoms with Crippen LogP contribution in [0.5, 0.6) is 11.5 Å². The number of nitrogens with zero attached hydrogens (tertiary/aromatic N) is 2. The molecule has 0 radical (unpaired) electrons. The van der Waals surface area contributed by atoms with Gasteiger partial charge in [-0.3, -0.25) is 15.0 Å². The fourth-order valence-electron chi connectivity index (χ4n) is 4.02. The van der Waals surface area contributed by atoms with Gasteiger partial charge in [0.25, 0.3) is 0 Å². The zero-order chi connectivity index (χ0) is 17.4. The van der Waals surface area contributed by atoms with Gasteiger partial charge in [0.15, 0.2) is 0 Å². The number of hydrogen-bond donors (Lipinski definition) is 0. The third kappa shape index (κ3) is 2.81. The Kier molecular flexibility index (Phi) is 4.01. The summed E-state index contributed by atoms with van der Waals surface area (Å²) in [5.74, 6) is 1.42. The summed E-state index contributed by atoms with van der Waals surface area (Å²) >= 11 is 0. The van der Waals surface area contributed by atoms with Crippen LogP contribution in [0.3, 0.4) is 0 Å². The van der Waals surface area contributed by atoms with Crippen LogP contribution in [0.25, 0.3) is 0 Å². The normalized spacial score (nSPS) is 25.1. The van der Waals surface area contributed by atoms with E-state index in [1.807, 2.05) is 18.2 Å². The highest BCUT2D eigenvalue weighted by atomic mass is 16.6. The number of para-hydroxylation sites is 3. The summed E-state index contributed by atoms with van der Waals surface area (Å²) in [4.78, 5) is 13.2. The summed E-state index contributed by atoms with van der Waals surface area (Å²) in [6.07, 6.45) is 6.94. The van der Waals surface area contributed by atoms with Crippen LogP contribution in [0.2, 0.25) is 0 Å². The number of nitro benzene ring substituents is 1. The van der Waals surface area contributed by atoms with E-state index in [-0.39, 0.29) is 17.5 Å². The summed E-state index contributed by atoms with van der Waals surface area (Å²) in [5.41, 5.74) is 1.07. The third-order valence-electron chi connectivity index (χ3n) is 5.26. The van der Waals surface area contributed by atoms with Gasteiger partial charge in [-0.05, 0) is 37.9 Å². The fraction of sp³-hybridized carbons (Fsp3) is 0.300. The zero-order valence-electron chi connectivity index (χ0n) is 14.0. The SMILES string of the molecule is CN1C2C=CC(CC2)C1c1ccccc1Oc1ccccc1[N+](=O)[O-]. The molecular weight excluding hydrogens is 316 g/mol. The van der Waals surface area contributed by atoms with E-state index in [0.29, 0.717) is 17.7 Å². The van der Waals surface area contributed by atoms with Crippen molar-refractivity contribution in [3.8, 4) is 11.5 Å². The van der Waals surface area contributed by atoms with Crippen LogP contribution in [-0.2, 0) is 0 Å². The Morgan fingerprint density at radius 3 is 2.44 bits per heavy atom. The lowest BCUT2D eigenvalue weighted by Crippen LogP contribution is -2.45. The van der Waals surface area contributed by atoms with Crippen LogP contribution >= 0.6 is 0 Å². The molecule has 3 atom stereocenters. The molecule has 0 amide bonds. The first-order valence-electron chi connectivity index (χ1n) is 8.55. The number of ether oxygens (including phenoxy) is 1. The van der Waals surface area contributed by atoms with Crippen molar-refractivity contribution in [1.82, 2.24) is 4.90 Å². The maximum atomic E-state index is 11.3. The molecule has 25 heavy (non-hydrogen) atoms. The highest BCUT2D eigenvalue weighted by Crippen LogP contribution is 2.46. The van der Waals surface area contributed by atoms with Crippen LogP contribution in [0, 0.1) is 16.0 Å². The minimum Gasteiger partial charge on any atom is -0.450 e. The highest BCUT2D eigenvalue weighted by Gasteiger charge is 2.38. The first-order valence-corrected chi connectivity index (χ1v) is 8.55. The maximum absolute atomic E-state index is 11.3. The second-order valence-corrected chi connectivity index (χ2v) is 6.67. The summed E-state index contributed by atoms with van der Waals surface area (Å²) in [6.45, 7) is 0. The molecule has 2 aromatic rings. The molecule has 5 nitrogen and oxygen atoms in total. The van der Waals surface area contributed by atoms with E-state index in [2.05, 4.69) is 30.2 Å². The Morgan fingerprint density at radius 2 is 1.76 bits per heavy atom. The van der Waals surface area contributed by atoms with Crippen LogP contribution in [-0.4, -0.2) is 22.9 Å². The van der Waals surface area contributed by atoms with Gasteiger partial charge in [0.2, 0.25) is 5.75 Å². The van der Waals surface area contributed by atoms with Gasteiger partial charge in [-0.25, -0.2) is 0 Å². The third-order valence-corrected chi connectivity index (χ3v) is 5.26. The van der Waals surface area contributed by atoms with Crippen molar-refractivity contribution < 1.29 is 9.66 Å². The van der Waals surface area contributed by atoms with Crippen molar-refractivity contribution in [1.29, 1.82) is 0 Å². The van der Waals surface area contributed by atoms with Crippen LogP contribution in [0.15, 0.2) is 60.7 Å². The molecule has 2 bridgehead atoms. The molecule has 0 spiro atoms. The molecule has 0 N–H and O–H groups in total. The summed E-state index contributed by atoms with van der Waals surface area (Å²) < 4.78 is 6.02. The van der Waals surface area contributed by atoms with Crippen molar-refractivity contribution in [2.75, 3.05) is 7.05 Å². The van der Waals surface area contributed by atoms with Crippen molar-refractivity contribution in [2.24, 2.45) is 5.92 Å². The number of fused-ring (bicyclic) bond motifs is 2. The van der Waals surface area contributed by atoms with Crippen molar-refractivity contribution in [3.05, 3.63) is 76.4 Å². The number of benzene rings is 2. The second kappa shape index (κ2) is 6.33. The van der Waals surface area contributed by atoms with Gasteiger partial charge in [0.1, 0.15) is 5.75 Å². The molecule has 2 aliphatic heterocycles. The number of likely N-dealkylation sites (N-methyl/N-ethyl adjacent to an activating group) is 1. The van der Waals surface area contributed by atoms with E-state index in [0.717, 1.165) is 12.0 Å². The average molecular weight is 336 g/mol. The highest BCUT2D eigenvalue weighted by molar-refractivity contribution is 5.50. The van der Waals surface area contributed by atoms with E-state index in [1.54, 1.807) is 18.2 Å². The van der Waals surface area contributed by atoms with Gasteiger partial charge in [-0.1, -0.05) is 42.5 Å².